The molecule has 1 saturated carbocycles. The lowest BCUT2D eigenvalue weighted by Gasteiger charge is -2.07. The summed E-state index contributed by atoms with van der Waals surface area (Å²) in [6.07, 6.45) is 2.28. The van der Waals surface area contributed by atoms with Gasteiger partial charge in [0.15, 0.2) is 0 Å². The van der Waals surface area contributed by atoms with E-state index in [-0.39, 0.29) is 0 Å². The van der Waals surface area contributed by atoms with E-state index < -0.39 is 0 Å². The molecule has 70 valence electrons. The van der Waals surface area contributed by atoms with Crippen molar-refractivity contribution >= 4 is 5.96 Å². The summed E-state index contributed by atoms with van der Waals surface area (Å²) in [6, 6.07) is 0.580. The molecular formula is C8H18N4. The number of nitrogens with two attached hydrogens (primary N) is 1. The van der Waals surface area contributed by atoms with Crippen molar-refractivity contribution in [2.45, 2.75) is 32.7 Å². The predicted octanol–water partition coefficient (Wildman–Crippen LogP) is 0.214. The number of aliphatic imine (C=N–C) groups is 1. The van der Waals surface area contributed by atoms with Gasteiger partial charge < -0.3 is 5.32 Å². The summed E-state index contributed by atoms with van der Waals surface area (Å²) >= 11 is 0. The van der Waals surface area contributed by atoms with Crippen LogP contribution in [0.4, 0.5) is 0 Å². The van der Waals surface area contributed by atoms with E-state index in [9.17, 15) is 0 Å². The van der Waals surface area contributed by atoms with Gasteiger partial charge in [0.05, 0.1) is 0 Å². The predicted molar refractivity (Wildman–Crippen MR) is 50.6 cm³/mol. The van der Waals surface area contributed by atoms with Crippen LogP contribution in [-0.2, 0) is 0 Å². The van der Waals surface area contributed by atoms with Crippen LogP contribution in [-0.4, -0.2) is 18.5 Å². The third kappa shape index (κ3) is 2.70. The SMILES string of the molecule is CCCN=C(NN)NC1CC1C. The second-order valence-electron chi connectivity index (χ2n) is 3.34. The van der Waals surface area contributed by atoms with Crippen LogP contribution in [0.3, 0.4) is 0 Å². The molecule has 0 spiro atoms. The normalized spacial score (nSPS) is 28.4. The van der Waals surface area contributed by atoms with Crippen LogP contribution in [0, 0.1) is 5.92 Å². The number of hydrogen-bond acceptors (Lipinski definition) is 2. The fraction of sp³-hybridized carbons (Fsp3) is 0.875. The van der Waals surface area contributed by atoms with Crippen molar-refractivity contribution in [1.82, 2.24) is 10.7 Å². The molecule has 1 fully saturated rings. The average Bonchev–Trinajstić information content (AvgIpc) is 2.75. The summed E-state index contributed by atoms with van der Waals surface area (Å²) < 4.78 is 0. The number of hydrogen-bond donors (Lipinski definition) is 3. The van der Waals surface area contributed by atoms with Crippen molar-refractivity contribution in [2.75, 3.05) is 6.54 Å². The van der Waals surface area contributed by atoms with Crippen molar-refractivity contribution in [3.05, 3.63) is 0 Å². The Morgan fingerprint density at radius 1 is 1.67 bits per heavy atom. The maximum atomic E-state index is 5.29. The zero-order valence-electron chi connectivity index (χ0n) is 7.80. The minimum absolute atomic E-state index is 0.580. The summed E-state index contributed by atoms with van der Waals surface area (Å²) in [6.45, 7) is 5.14. The number of hydrazine groups is 1. The molecule has 2 unspecified atom stereocenters. The fourth-order valence-corrected chi connectivity index (χ4v) is 1.06. The lowest BCUT2D eigenvalue weighted by Crippen LogP contribution is -2.43. The van der Waals surface area contributed by atoms with Crippen LogP contribution in [0.2, 0.25) is 0 Å². The first kappa shape index (κ1) is 9.32. The van der Waals surface area contributed by atoms with E-state index in [1.54, 1.807) is 0 Å². The van der Waals surface area contributed by atoms with Gasteiger partial charge in [-0.1, -0.05) is 13.8 Å². The molecule has 4 heteroatoms. The summed E-state index contributed by atoms with van der Waals surface area (Å²) in [7, 11) is 0. The molecule has 0 aromatic rings. The summed E-state index contributed by atoms with van der Waals surface area (Å²) in [4.78, 5) is 4.24. The van der Waals surface area contributed by atoms with Gasteiger partial charge in [0.25, 0.3) is 0 Å². The highest BCUT2D eigenvalue weighted by atomic mass is 15.3. The molecule has 4 nitrogen and oxygen atoms in total. The molecule has 0 heterocycles. The highest BCUT2D eigenvalue weighted by Gasteiger charge is 2.32. The van der Waals surface area contributed by atoms with Crippen LogP contribution in [0.1, 0.15) is 26.7 Å². The molecule has 12 heavy (non-hydrogen) atoms. The molecule has 4 N–H and O–H groups in total. The Bertz CT molecular complexity index is 166. The second-order valence-corrected chi connectivity index (χ2v) is 3.34. The first-order valence-corrected chi connectivity index (χ1v) is 4.55. The van der Waals surface area contributed by atoms with E-state index in [0.717, 1.165) is 24.8 Å². The third-order valence-electron chi connectivity index (χ3n) is 2.06. The first-order chi connectivity index (χ1) is 5.77. The van der Waals surface area contributed by atoms with Gasteiger partial charge in [0.2, 0.25) is 5.96 Å². The zero-order chi connectivity index (χ0) is 8.97. The second kappa shape index (κ2) is 4.30. The number of guanidine groups is 1. The van der Waals surface area contributed by atoms with Crippen LogP contribution in [0.5, 0.6) is 0 Å². The molecule has 0 aromatic carbocycles. The molecule has 0 bridgehead atoms. The minimum Gasteiger partial charge on any atom is -0.352 e. The van der Waals surface area contributed by atoms with E-state index in [1.807, 2.05) is 0 Å². The summed E-state index contributed by atoms with van der Waals surface area (Å²) in [5.74, 6) is 6.79. The third-order valence-corrected chi connectivity index (χ3v) is 2.06. The van der Waals surface area contributed by atoms with Crippen LogP contribution >= 0.6 is 0 Å². The molecular weight excluding hydrogens is 152 g/mol. The average molecular weight is 170 g/mol. The maximum Gasteiger partial charge on any atom is 0.205 e. The topological polar surface area (TPSA) is 62.4 Å². The molecule has 0 amide bonds. The maximum absolute atomic E-state index is 5.29. The highest BCUT2D eigenvalue weighted by Crippen LogP contribution is 2.28. The van der Waals surface area contributed by atoms with E-state index in [2.05, 4.69) is 29.6 Å². The fourth-order valence-electron chi connectivity index (χ4n) is 1.06. The standard InChI is InChI=1S/C8H18N4/c1-3-4-10-8(12-9)11-7-5-6(7)2/h6-7H,3-5,9H2,1-2H3,(H2,10,11,12). The van der Waals surface area contributed by atoms with Gasteiger partial charge in [-0.05, 0) is 18.8 Å². The number of nitrogens with zero attached hydrogens (tertiary/aromatic N) is 1. The molecule has 0 saturated heterocycles. The van der Waals surface area contributed by atoms with Gasteiger partial charge in [-0.25, -0.2) is 5.84 Å². The Morgan fingerprint density at radius 2 is 2.33 bits per heavy atom. The highest BCUT2D eigenvalue weighted by molar-refractivity contribution is 5.79. The van der Waals surface area contributed by atoms with Crippen molar-refractivity contribution in [3.8, 4) is 0 Å². The molecule has 1 aliphatic carbocycles. The van der Waals surface area contributed by atoms with Crippen molar-refractivity contribution < 1.29 is 0 Å². The van der Waals surface area contributed by atoms with E-state index in [1.165, 1.54) is 6.42 Å². The monoisotopic (exact) mass is 170 g/mol. The summed E-state index contributed by atoms with van der Waals surface area (Å²) in [5.41, 5.74) is 2.57. The van der Waals surface area contributed by atoms with Crippen molar-refractivity contribution in [1.29, 1.82) is 0 Å². The van der Waals surface area contributed by atoms with Gasteiger partial charge in [-0.3, -0.25) is 10.4 Å². The first-order valence-electron chi connectivity index (χ1n) is 4.55. The molecule has 0 aromatic heterocycles. The Hall–Kier alpha value is -0.770. The zero-order valence-corrected chi connectivity index (χ0v) is 7.80. The van der Waals surface area contributed by atoms with E-state index in [4.69, 9.17) is 5.84 Å². The van der Waals surface area contributed by atoms with Gasteiger partial charge in [-0.15, -0.1) is 0 Å². The van der Waals surface area contributed by atoms with Crippen molar-refractivity contribution in [2.24, 2.45) is 16.8 Å². The Kier molecular flexibility index (Phi) is 3.34. The summed E-state index contributed by atoms with van der Waals surface area (Å²) in [5, 5.41) is 3.24. The largest absolute Gasteiger partial charge is 0.352 e. The molecule has 1 aliphatic rings. The van der Waals surface area contributed by atoms with Crippen LogP contribution < -0.4 is 16.6 Å². The molecule has 0 aliphatic heterocycles. The van der Waals surface area contributed by atoms with Gasteiger partial charge >= 0.3 is 0 Å². The van der Waals surface area contributed by atoms with E-state index in [0.29, 0.717) is 6.04 Å². The molecule has 0 radical (unpaired) electrons. The van der Waals surface area contributed by atoms with Crippen LogP contribution in [0.25, 0.3) is 0 Å². The Labute approximate surface area is 73.6 Å². The molecule has 2 atom stereocenters. The lowest BCUT2D eigenvalue weighted by atomic mass is 10.5. The van der Waals surface area contributed by atoms with Gasteiger partial charge in [0.1, 0.15) is 0 Å². The number of rotatable bonds is 3. The van der Waals surface area contributed by atoms with Crippen molar-refractivity contribution in [3.63, 3.8) is 0 Å². The Morgan fingerprint density at radius 3 is 2.75 bits per heavy atom. The quantitative estimate of drug-likeness (QED) is 0.246. The molecule has 1 rings (SSSR count). The van der Waals surface area contributed by atoms with Gasteiger partial charge in [0, 0.05) is 12.6 Å². The Balaban J connectivity index is 2.25. The van der Waals surface area contributed by atoms with E-state index >= 15 is 0 Å². The van der Waals surface area contributed by atoms with Gasteiger partial charge in [-0.2, -0.15) is 0 Å². The minimum atomic E-state index is 0.580. The smallest absolute Gasteiger partial charge is 0.205 e. The number of nitrogens with one attached hydrogen (secondary N) is 2. The van der Waals surface area contributed by atoms with Crippen LogP contribution in [0.15, 0.2) is 4.99 Å². The lowest BCUT2D eigenvalue weighted by molar-refractivity contribution is 0.767.